The van der Waals surface area contributed by atoms with Gasteiger partial charge in [-0.2, -0.15) is 0 Å². The molecule has 9 heteroatoms. The van der Waals surface area contributed by atoms with Crippen molar-refractivity contribution in [3.63, 3.8) is 0 Å². The van der Waals surface area contributed by atoms with E-state index < -0.39 is 30.9 Å². The highest BCUT2D eigenvalue weighted by atomic mass is 28.3. The average molecular weight is 357 g/mol. The summed E-state index contributed by atoms with van der Waals surface area (Å²) in [5.74, 6) is -1.12. The van der Waals surface area contributed by atoms with Crippen molar-refractivity contribution < 1.29 is 19.2 Å². The second-order valence-corrected chi connectivity index (χ2v) is 12.7. The molecule has 0 aliphatic rings. The van der Waals surface area contributed by atoms with Gasteiger partial charge in [0.15, 0.2) is 0 Å². The van der Waals surface area contributed by atoms with E-state index in [2.05, 4.69) is 29.4 Å². The molecule has 0 saturated heterocycles. The monoisotopic (exact) mass is 357 g/mol. The van der Waals surface area contributed by atoms with Crippen molar-refractivity contribution in [3.05, 3.63) is 28.3 Å². The van der Waals surface area contributed by atoms with Gasteiger partial charge in [-0.1, -0.05) is 19.6 Å². The quantitative estimate of drug-likeness (QED) is 0.210. The SMILES string of the molecule is COC(=O)CC(c1cn(COCC[Si](C)(C)C)cn1)C(C)[N+](=O)[O-]. The number of methoxy groups -OCH3 is 1. The molecule has 1 aromatic heterocycles. The van der Waals surface area contributed by atoms with Gasteiger partial charge in [-0.25, -0.2) is 4.98 Å². The molecule has 0 N–H and O–H groups in total. The number of aromatic nitrogens is 2. The van der Waals surface area contributed by atoms with Crippen molar-refractivity contribution in [2.24, 2.45) is 0 Å². The van der Waals surface area contributed by atoms with Gasteiger partial charge in [-0.3, -0.25) is 14.9 Å². The number of imidazole rings is 1. The van der Waals surface area contributed by atoms with E-state index in [1.54, 1.807) is 17.1 Å². The van der Waals surface area contributed by atoms with Crippen LogP contribution in [0.25, 0.3) is 0 Å². The molecule has 1 heterocycles. The predicted octanol–water partition coefficient (Wildman–Crippen LogP) is 2.51. The molecule has 8 nitrogen and oxygen atoms in total. The van der Waals surface area contributed by atoms with Crippen LogP contribution in [-0.2, 0) is 21.0 Å². The summed E-state index contributed by atoms with van der Waals surface area (Å²) >= 11 is 0. The summed E-state index contributed by atoms with van der Waals surface area (Å²) in [6.45, 7) is 9.33. The molecule has 0 spiro atoms. The number of hydrogen-bond donors (Lipinski definition) is 0. The topological polar surface area (TPSA) is 96.5 Å². The summed E-state index contributed by atoms with van der Waals surface area (Å²) in [6.07, 6.45) is 3.19. The molecule has 0 saturated carbocycles. The van der Waals surface area contributed by atoms with Crippen molar-refractivity contribution in [1.29, 1.82) is 0 Å². The van der Waals surface area contributed by atoms with Gasteiger partial charge in [0.2, 0.25) is 6.04 Å². The van der Waals surface area contributed by atoms with Gasteiger partial charge < -0.3 is 14.0 Å². The van der Waals surface area contributed by atoms with E-state index in [0.29, 0.717) is 19.0 Å². The first-order valence-corrected chi connectivity index (χ1v) is 11.6. The third-order valence-electron chi connectivity index (χ3n) is 3.80. The Bertz CT molecular complexity index is 556. The van der Waals surface area contributed by atoms with Gasteiger partial charge in [0.1, 0.15) is 6.73 Å². The predicted molar refractivity (Wildman–Crippen MR) is 92.2 cm³/mol. The highest BCUT2D eigenvalue weighted by Crippen LogP contribution is 2.24. The maximum absolute atomic E-state index is 11.5. The van der Waals surface area contributed by atoms with E-state index >= 15 is 0 Å². The van der Waals surface area contributed by atoms with Gasteiger partial charge in [0.05, 0.1) is 31.5 Å². The molecule has 2 unspecified atom stereocenters. The highest BCUT2D eigenvalue weighted by Gasteiger charge is 2.32. The molecule has 136 valence electrons. The Kier molecular flexibility index (Phi) is 7.55. The first-order valence-electron chi connectivity index (χ1n) is 7.94. The number of carbonyl (C=O) groups excluding carboxylic acids is 1. The van der Waals surface area contributed by atoms with Gasteiger partial charge in [-0.05, 0) is 6.04 Å². The summed E-state index contributed by atoms with van der Waals surface area (Å²) in [4.78, 5) is 26.4. The molecule has 0 radical (unpaired) electrons. The molecule has 0 aromatic carbocycles. The fourth-order valence-corrected chi connectivity index (χ4v) is 2.88. The summed E-state index contributed by atoms with van der Waals surface area (Å²) in [5, 5.41) is 11.1. The van der Waals surface area contributed by atoms with Crippen LogP contribution >= 0.6 is 0 Å². The Labute approximate surface area is 143 Å². The first-order chi connectivity index (χ1) is 11.1. The Hall–Kier alpha value is -1.74. The maximum Gasteiger partial charge on any atom is 0.306 e. The molecule has 0 fully saturated rings. The molecule has 0 aliphatic heterocycles. The number of hydrogen-bond acceptors (Lipinski definition) is 6. The largest absolute Gasteiger partial charge is 0.469 e. The smallest absolute Gasteiger partial charge is 0.306 e. The fourth-order valence-electron chi connectivity index (χ4n) is 2.12. The lowest BCUT2D eigenvalue weighted by molar-refractivity contribution is -0.522. The van der Waals surface area contributed by atoms with Gasteiger partial charge in [0.25, 0.3) is 0 Å². The van der Waals surface area contributed by atoms with Crippen LogP contribution < -0.4 is 0 Å². The second kappa shape index (κ2) is 8.93. The summed E-state index contributed by atoms with van der Waals surface area (Å²) < 4.78 is 12.0. The number of carbonyl (C=O) groups is 1. The van der Waals surface area contributed by atoms with Crippen molar-refractivity contribution in [2.45, 2.75) is 57.7 Å². The maximum atomic E-state index is 11.5. The first kappa shape index (κ1) is 20.3. The molecule has 24 heavy (non-hydrogen) atoms. The van der Waals surface area contributed by atoms with Gasteiger partial charge >= 0.3 is 5.97 Å². The van der Waals surface area contributed by atoms with Crippen LogP contribution in [0, 0.1) is 10.1 Å². The van der Waals surface area contributed by atoms with E-state index in [-0.39, 0.29) is 6.42 Å². The van der Waals surface area contributed by atoms with Gasteiger partial charge in [-0.15, -0.1) is 0 Å². The Morgan fingerprint density at radius 3 is 2.67 bits per heavy atom. The molecule has 0 bridgehead atoms. The number of nitrogens with zero attached hydrogens (tertiary/aromatic N) is 3. The van der Waals surface area contributed by atoms with Crippen LogP contribution in [0.4, 0.5) is 0 Å². The molecule has 0 amide bonds. The molecular weight excluding hydrogens is 330 g/mol. The lowest BCUT2D eigenvalue weighted by atomic mass is 9.95. The molecule has 0 aliphatic carbocycles. The summed E-state index contributed by atoms with van der Waals surface area (Å²) in [5.41, 5.74) is 0.499. The van der Waals surface area contributed by atoms with E-state index in [1.165, 1.54) is 14.0 Å². The average Bonchev–Trinajstić information content (AvgIpc) is 2.95. The second-order valence-electron chi connectivity index (χ2n) is 7.07. The number of esters is 1. The Morgan fingerprint density at radius 2 is 2.12 bits per heavy atom. The third-order valence-corrected chi connectivity index (χ3v) is 5.50. The van der Waals surface area contributed by atoms with Crippen molar-refractivity contribution in [1.82, 2.24) is 9.55 Å². The third kappa shape index (κ3) is 6.79. The normalized spacial score (nSPS) is 14.2. The van der Waals surface area contributed by atoms with E-state index in [4.69, 9.17) is 4.74 Å². The zero-order valence-electron chi connectivity index (χ0n) is 15.0. The van der Waals surface area contributed by atoms with Crippen molar-refractivity contribution in [2.75, 3.05) is 13.7 Å². The van der Waals surface area contributed by atoms with Crippen molar-refractivity contribution >= 4 is 14.0 Å². The van der Waals surface area contributed by atoms with Crippen LogP contribution in [0.3, 0.4) is 0 Å². The molecule has 1 rings (SSSR count). The molecular formula is C15H27N3O5Si. The summed E-state index contributed by atoms with van der Waals surface area (Å²) in [7, 11) is 0.131. The fraction of sp³-hybridized carbons (Fsp3) is 0.733. The van der Waals surface area contributed by atoms with Crippen LogP contribution in [0.2, 0.25) is 25.7 Å². The lowest BCUT2D eigenvalue weighted by Gasteiger charge is -2.16. The minimum absolute atomic E-state index is 0.0772. The minimum atomic E-state index is -1.13. The number of rotatable bonds is 10. The van der Waals surface area contributed by atoms with Crippen molar-refractivity contribution in [3.8, 4) is 0 Å². The Balaban J connectivity index is 2.70. The van der Waals surface area contributed by atoms with Crippen LogP contribution in [-0.4, -0.2) is 48.3 Å². The van der Waals surface area contributed by atoms with Crippen LogP contribution in [0.1, 0.15) is 25.0 Å². The highest BCUT2D eigenvalue weighted by molar-refractivity contribution is 6.76. The zero-order chi connectivity index (χ0) is 18.3. The number of nitro groups is 1. The van der Waals surface area contributed by atoms with E-state index in [9.17, 15) is 14.9 Å². The van der Waals surface area contributed by atoms with Gasteiger partial charge in [0, 0.05) is 32.7 Å². The van der Waals surface area contributed by atoms with Crippen LogP contribution in [0.15, 0.2) is 12.5 Å². The zero-order valence-corrected chi connectivity index (χ0v) is 16.0. The molecule has 2 atom stereocenters. The number of ether oxygens (including phenoxy) is 2. The van der Waals surface area contributed by atoms with Crippen LogP contribution in [0.5, 0.6) is 0 Å². The standard InChI is InChI=1S/C15H27N3O5Si/c1-12(18(20)21)13(8-15(19)22-2)14-9-17(10-16-14)11-23-6-7-24(3,4)5/h9-10,12-13H,6-8,11H2,1-5H3. The minimum Gasteiger partial charge on any atom is -0.469 e. The van der Waals surface area contributed by atoms with E-state index in [1.807, 2.05) is 0 Å². The Morgan fingerprint density at radius 1 is 1.46 bits per heavy atom. The van der Waals surface area contributed by atoms with E-state index in [0.717, 1.165) is 6.04 Å². The summed E-state index contributed by atoms with van der Waals surface area (Å²) in [6, 6.07) is 0.137. The lowest BCUT2D eigenvalue weighted by Crippen LogP contribution is -2.27. The molecule has 1 aromatic rings.